The molecule has 0 spiro atoms. The predicted octanol–water partition coefficient (Wildman–Crippen LogP) is 3.30. The summed E-state index contributed by atoms with van der Waals surface area (Å²) in [6.07, 6.45) is 0. The number of carbonyl (C=O) groups is 3. The van der Waals surface area contributed by atoms with Crippen LogP contribution in [0.4, 0.5) is 0 Å². The van der Waals surface area contributed by atoms with E-state index in [1.807, 2.05) is 32.9 Å². The van der Waals surface area contributed by atoms with E-state index in [2.05, 4.69) is 10.3 Å². The van der Waals surface area contributed by atoms with Crippen molar-refractivity contribution in [1.29, 1.82) is 0 Å². The maximum Gasteiger partial charge on any atom is 0.350 e. The molecule has 2 rings (SSSR count). The molecule has 2 aromatic rings. The number of rotatable bonds is 6. The topological polar surface area (TPSA) is 88.6 Å². The average Bonchev–Trinajstić information content (AvgIpc) is 3.00. The number of aromatic nitrogens is 1. The number of hydrogen-bond donors (Lipinski definition) is 1. The molecule has 1 aromatic heterocycles. The number of halogens is 1. The first-order valence-corrected chi connectivity index (χ1v) is 10.1. The molecule has 0 unspecified atom stereocenters. The number of benzene rings is 1. The first kappa shape index (κ1) is 22.8. The molecule has 7 nitrogen and oxygen atoms in total. The maximum absolute atomic E-state index is 12.4. The van der Waals surface area contributed by atoms with Crippen LogP contribution >= 0.6 is 22.9 Å². The number of hydrogen-bond acceptors (Lipinski definition) is 6. The van der Waals surface area contributed by atoms with Crippen molar-refractivity contribution in [3.05, 3.63) is 39.9 Å². The number of nitrogens with one attached hydrogen (secondary N) is 1. The number of amides is 2. The van der Waals surface area contributed by atoms with Gasteiger partial charge in [0, 0.05) is 23.2 Å². The molecule has 1 N–H and O–H groups in total. The smallest absolute Gasteiger partial charge is 0.350 e. The molecule has 0 atom stereocenters. The number of nitrogens with zero attached hydrogens (tertiary/aromatic N) is 2. The van der Waals surface area contributed by atoms with Crippen molar-refractivity contribution in [2.24, 2.45) is 0 Å². The standard InChI is InChI=1S/C20H24ClN3O4S/c1-12-17(29-18(22-12)13-6-8-14(21)9-7-13)19(27)28-11-16(26)24(5)10-15(25)23-20(2,3)4/h6-9H,10-11H2,1-5H3,(H,23,25). The van der Waals surface area contributed by atoms with Crippen LogP contribution in [0.15, 0.2) is 24.3 Å². The van der Waals surface area contributed by atoms with E-state index in [1.54, 1.807) is 19.1 Å². The highest BCUT2D eigenvalue weighted by molar-refractivity contribution is 7.17. The summed E-state index contributed by atoms with van der Waals surface area (Å²) in [5.41, 5.74) is 0.969. The summed E-state index contributed by atoms with van der Waals surface area (Å²) in [6.45, 7) is 6.69. The third-order valence-electron chi connectivity index (χ3n) is 3.72. The molecule has 0 radical (unpaired) electrons. The van der Waals surface area contributed by atoms with Gasteiger partial charge >= 0.3 is 5.97 Å². The number of carbonyl (C=O) groups excluding carboxylic acids is 3. The molecular weight excluding hydrogens is 414 g/mol. The van der Waals surface area contributed by atoms with Gasteiger partial charge in [-0.1, -0.05) is 23.7 Å². The Morgan fingerprint density at radius 3 is 2.41 bits per heavy atom. The Morgan fingerprint density at radius 2 is 1.83 bits per heavy atom. The Balaban J connectivity index is 1.94. The van der Waals surface area contributed by atoms with Crippen molar-refractivity contribution in [2.45, 2.75) is 33.2 Å². The van der Waals surface area contributed by atoms with Gasteiger partial charge in [-0.05, 0) is 39.8 Å². The van der Waals surface area contributed by atoms with E-state index in [-0.39, 0.29) is 18.0 Å². The van der Waals surface area contributed by atoms with Crippen molar-refractivity contribution in [3.8, 4) is 10.6 Å². The first-order chi connectivity index (χ1) is 13.5. The van der Waals surface area contributed by atoms with Crippen molar-refractivity contribution in [2.75, 3.05) is 20.2 Å². The van der Waals surface area contributed by atoms with Crippen LogP contribution in [0.1, 0.15) is 36.1 Å². The molecule has 1 aromatic carbocycles. The van der Waals surface area contributed by atoms with Gasteiger partial charge in [0.25, 0.3) is 5.91 Å². The average molecular weight is 438 g/mol. The second-order valence-corrected chi connectivity index (χ2v) is 9.00. The molecule has 156 valence electrons. The van der Waals surface area contributed by atoms with Crippen LogP contribution < -0.4 is 5.32 Å². The zero-order chi connectivity index (χ0) is 21.8. The first-order valence-electron chi connectivity index (χ1n) is 8.92. The van der Waals surface area contributed by atoms with Crippen molar-refractivity contribution in [1.82, 2.24) is 15.2 Å². The lowest BCUT2D eigenvalue weighted by Crippen LogP contribution is -2.46. The number of aryl methyl sites for hydroxylation is 1. The molecule has 2 amide bonds. The number of esters is 1. The van der Waals surface area contributed by atoms with E-state index in [0.717, 1.165) is 5.56 Å². The summed E-state index contributed by atoms with van der Waals surface area (Å²) in [6, 6.07) is 7.12. The highest BCUT2D eigenvalue weighted by atomic mass is 35.5. The molecule has 29 heavy (non-hydrogen) atoms. The van der Waals surface area contributed by atoms with Crippen LogP contribution in [0, 0.1) is 6.92 Å². The lowest BCUT2D eigenvalue weighted by molar-refractivity contribution is -0.137. The van der Waals surface area contributed by atoms with Crippen LogP contribution in [0.5, 0.6) is 0 Å². The maximum atomic E-state index is 12.4. The van der Waals surface area contributed by atoms with E-state index in [4.69, 9.17) is 16.3 Å². The van der Waals surface area contributed by atoms with E-state index in [1.165, 1.54) is 23.3 Å². The van der Waals surface area contributed by atoms with Gasteiger partial charge < -0.3 is 15.0 Å². The minimum Gasteiger partial charge on any atom is -0.451 e. The van der Waals surface area contributed by atoms with Gasteiger partial charge in [0.05, 0.1) is 12.2 Å². The number of thiazole rings is 1. The van der Waals surface area contributed by atoms with Gasteiger partial charge in [-0.15, -0.1) is 11.3 Å². The van der Waals surface area contributed by atoms with E-state index >= 15 is 0 Å². The van der Waals surface area contributed by atoms with Crippen molar-refractivity contribution in [3.63, 3.8) is 0 Å². The molecule has 1 heterocycles. The number of ether oxygens (including phenoxy) is 1. The van der Waals surface area contributed by atoms with Gasteiger partial charge in [-0.25, -0.2) is 9.78 Å². The summed E-state index contributed by atoms with van der Waals surface area (Å²) in [7, 11) is 1.48. The number of likely N-dealkylation sites (N-methyl/N-ethyl adjacent to an activating group) is 1. The van der Waals surface area contributed by atoms with E-state index in [0.29, 0.717) is 20.6 Å². The Labute approximate surface area is 179 Å². The highest BCUT2D eigenvalue weighted by Crippen LogP contribution is 2.29. The second kappa shape index (κ2) is 9.37. The fraction of sp³-hybridized carbons (Fsp3) is 0.400. The lowest BCUT2D eigenvalue weighted by Gasteiger charge is -2.23. The second-order valence-electron chi connectivity index (χ2n) is 7.56. The zero-order valence-corrected chi connectivity index (χ0v) is 18.6. The fourth-order valence-electron chi connectivity index (χ4n) is 2.37. The van der Waals surface area contributed by atoms with Crippen LogP contribution in [-0.4, -0.2) is 53.4 Å². The van der Waals surface area contributed by atoms with Gasteiger partial charge in [0.15, 0.2) is 6.61 Å². The minimum absolute atomic E-state index is 0.117. The summed E-state index contributed by atoms with van der Waals surface area (Å²) < 4.78 is 5.13. The Kier molecular flexibility index (Phi) is 7.37. The molecule has 0 aliphatic carbocycles. The van der Waals surface area contributed by atoms with Crippen molar-refractivity contribution < 1.29 is 19.1 Å². The Hall–Kier alpha value is -2.45. The summed E-state index contributed by atoms with van der Waals surface area (Å²) in [5.74, 6) is -1.38. The van der Waals surface area contributed by atoms with Crippen LogP contribution in [-0.2, 0) is 14.3 Å². The predicted molar refractivity (Wildman–Crippen MR) is 113 cm³/mol. The summed E-state index contributed by atoms with van der Waals surface area (Å²) >= 11 is 7.08. The van der Waals surface area contributed by atoms with Crippen LogP contribution in [0.2, 0.25) is 5.02 Å². The molecule has 9 heteroatoms. The van der Waals surface area contributed by atoms with Gasteiger partial charge in [0.1, 0.15) is 9.88 Å². The lowest BCUT2D eigenvalue weighted by atomic mass is 10.1. The fourth-order valence-corrected chi connectivity index (χ4v) is 3.46. The minimum atomic E-state index is -0.624. The zero-order valence-electron chi connectivity index (χ0n) is 17.0. The van der Waals surface area contributed by atoms with Gasteiger partial charge in [0.2, 0.25) is 5.91 Å². The molecule has 0 aliphatic rings. The molecule has 0 saturated carbocycles. The van der Waals surface area contributed by atoms with Crippen LogP contribution in [0.3, 0.4) is 0 Å². The third kappa shape index (κ3) is 6.83. The van der Waals surface area contributed by atoms with Crippen molar-refractivity contribution >= 4 is 40.7 Å². The molecular formula is C20H24ClN3O4S. The normalized spacial score (nSPS) is 11.1. The SMILES string of the molecule is Cc1nc(-c2ccc(Cl)cc2)sc1C(=O)OCC(=O)N(C)CC(=O)NC(C)(C)C. The van der Waals surface area contributed by atoms with E-state index in [9.17, 15) is 14.4 Å². The Morgan fingerprint density at radius 1 is 1.21 bits per heavy atom. The van der Waals surface area contributed by atoms with Gasteiger partial charge in [-0.2, -0.15) is 0 Å². The monoisotopic (exact) mass is 437 g/mol. The van der Waals surface area contributed by atoms with E-state index < -0.39 is 18.5 Å². The highest BCUT2D eigenvalue weighted by Gasteiger charge is 2.21. The third-order valence-corrected chi connectivity index (χ3v) is 5.16. The van der Waals surface area contributed by atoms with Crippen LogP contribution in [0.25, 0.3) is 10.6 Å². The Bertz CT molecular complexity index is 903. The summed E-state index contributed by atoms with van der Waals surface area (Å²) in [5, 5.41) is 4.04. The van der Waals surface area contributed by atoms with Gasteiger partial charge in [-0.3, -0.25) is 9.59 Å². The molecule has 0 aliphatic heterocycles. The molecule has 0 saturated heterocycles. The largest absolute Gasteiger partial charge is 0.451 e. The summed E-state index contributed by atoms with van der Waals surface area (Å²) in [4.78, 5) is 42.4. The quantitative estimate of drug-likeness (QED) is 0.700. The molecule has 0 bridgehead atoms. The molecule has 0 fully saturated rings.